The Hall–Kier alpha value is -0.730. The van der Waals surface area contributed by atoms with Crippen LogP contribution in [0.2, 0.25) is 10.0 Å². The van der Waals surface area contributed by atoms with Crippen LogP contribution < -0.4 is 0 Å². The Balaban J connectivity index is 2.34. The predicted octanol–water partition coefficient (Wildman–Crippen LogP) is 5.82. The van der Waals surface area contributed by atoms with E-state index in [0.717, 1.165) is 18.4 Å². The monoisotopic (exact) mass is 316 g/mol. The molecule has 0 aliphatic heterocycles. The van der Waals surface area contributed by atoms with E-state index in [-0.39, 0.29) is 5.97 Å². The number of aryl methyl sites for hydroxylation is 1. The second-order valence-corrected chi connectivity index (χ2v) is 5.80. The van der Waals surface area contributed by atoms with E-state index in [1.54, 1.807) is 12.1 Å². The van der Waals surface area contributed by atoms with E-state index < -0.39 is 0 Å². The maximum atomic E-state index is 11.9. The van der Waals surface area contributed by atoms with Crippen molar-refractivity contribution in [2.45, 2.75) is 52.4 Å². The van der Waals surface area contributed by atoms with Gasteiger partial charge in [-0.25, -0.2) is 4.79 Å². The molecule has 0 N–H and O–H groups in total. The van der Waals surface area contributed by atoms with Crippen molar-refractivity contribution in [3.63, 3.8) is 0 Å². The number of carbonyl (C=O) groups excluding carboxylic acids is 1. The van der Waals surface area contributed by atoms with E-state index in [1.165, 1.54) is 25.7 Å². The Morgan fingerprint density at radius 1 is 1.05 bits per heavy atom. The first-order chi connectivity index (χ1) is 9.56. The number of unbranched alkanes of at least 4 members (excludes halogenated alkanes) is 5. The summed E-state index contributed by atoms with van der Waals surface area (Å²) < 4.78 is 5.24. The third-order valence-electron chi connectivity index (χ3n) is 3.20. The van der Waals surface area contributed by atoms with Gasteiger partial charge in [0.15, 0.2) is 0 Å². The van der Waals surface area contributed by atoms with E-state index in [4.69, 9.17) is 27.9 Å². The zero-order valence-electron chi connectivity index (χ0n) is 12.2. The first kappa shape index (κ1) is 17.3. The fourth-order valence-electron chi connectivity index (χ4n) is 1.94. The van der Waals surface area contributed by atoms with Crippen LogP contribution >= 0.6 is 23.2 Å². The summed E-state index contributed by atoms with van der Waals surface area (Å²) in [4.78, 5) is 11.9. The van der Waals surface area contributed by atoms with Gasteiger partial charge in [0.1, 0.15) is 0 Å². The smallest absolute Gasteiger partial charge is 0.339 e. The summed E-state index contributed by atoms with van der Waals surface area (Å²) in [6, 6.07) is 3.26. The summed E-state index contributed by atoms with van der Waals surface area (Å²) in [5.41, 5.74) is 1.21. The maximum absolute atomic E-state index is 11.9. The first-order valence-electron chi connectivity index (χ1n) is 7.19. The van der Waals surface area contributed by atoms with Crippen LogP contribution in [0.3, 0.4) is 0 Å². The lowest BCUT2D eigenvalue weighted by Crippen LogP contribution is -2.07. The van der Waals surface area contributed by atoms with Crippen molar-refractivity contribution in [2.24, 2.45) is 0 Å². The van der Waals surface area contributed by atoms with Gasteiger partial charge in [-0.15, -0.1) is 0 Å². The SMILES string of the molecule is CCCCCCCCOC(=O)c1cc(C)c(Cl)cc1Cl. The molecule has 0 amide bonds. The summed E-state index contributed by atoms with van der Waals surface area (Å²) in [7, 11) is 0. The van der Waals surface area contributed by atoms with Crippen LogP contribution in [0.15, 0.2) is 12.1 Å². The number of esters is 1. The van der Waals surface area contributed by atoms with Crippen molar-refractivity contribution in [1.82, 2.24) is 0 Å². The van der Waals surface area contributed by atoms with Gasteiger partial charge in [-0.05, 0) is 31.0 Å². The van der Waals surface area contributed by atoms with Crippen LogP contribution in [0.4, 0.5) is 0 Å². The molecule has 0 aliphatic rings. The number of hydrogen-bond donors (Lipinski definition) is 0. The van der Waals surface area contributed by atoms with Crippen molar-refractivity contribution >= 4 is 29.2 Å². The molecule has 0 saturated heterocycles. The molecule has 0 aliphatic carbocycles. The number of benzene rings is 1. The van der Waals surface area contributed by atoms with Crippen LogP contribution in [0.5, 0.6) is 0 Å². The topological polar surface area (TPSA) is 26.3 Å². The Morgan fingerprint density at radius 2 is 1.70 bits per heavy atom. The number of halogens is 2. The van der Waals surface area contributed by atoms with Crippen molar-refractivity contribution in [2.75, 3.05) is 6.61 Å². The Bertz CT molecular complexity index is 444. The van der Waals surface area contributed by atoms with Crippen LogP contribution in [-0.2, 0) is 4.74 Å². The molecule has 0 atom stereocenters. The molecule has 1 aromatic rings. The summed E-state index contributed by atoms with van der Waals surface area (Å²) in [6.45, 7) is 4.48. The van der Waals surface area contributed by atoms with Crippen LogP contribution in [-0.4, -0.2) is 12.6 Å². The van der Waals surface area contributed by atoms with E-state index in [2.05, 4.69) is 6.92 Å². The number of ether oxygens (including phenoxy) is 1. The molecular formula is C16H22Cl2O2. The van der Waals surface area contributed by atoms with Gasteiger partial charge in [-0.2, -0.15) is 0 Å². The molecule has 4 heteroatoms. The fourth-order valence-corrected chi connectivity index (χ4v) is 2.40. The quantitative estimate of drug-likeness (QED) is 0.446. The van der Waals surface area contributed by atoms with E-state index >= 15 is 0 Å². The third-order valence-corrected chi connectivity index (χ3v) is 3.92. The van der Waals surface area contributed by atoms with Gasteiger partial charge in [0.25, 0.3) is 0 Å². The maximum Gasteiger partial charge on any atom is 0.339 e. The normalized spacial score (nSPS) is 10.6. The van der Waals surface area contributed by atoms with Gasteiger partial charge in [0, 0.05) is 5.02 Å². The standard InChI is InChI=1S/C16H22Cl2O2/c1-3-4-5-6-7-8-9-20-16(19)13-10-12(2)14(17)11-15(13)18/h10-11H,3-9H2,1-2H3. The molecule has 0 bridgehead atoms. The summed E-state index contributed by atoms with van der Waals surface area (Å²) >= 11 is 11.9. The van der Waals surface area contributed by atoms with Crippen molar-refractivity contribution < 1.29 is 9.53 Å². The van der Waals surface area contributed by atoms with Crippen molar-refractivity contribution in [3.05, 3.63) is 33.3 Å². The third kappa shape index (κ3) is 5.72. The molecule has 20 heavy (non-hydrogen) atoms. The van der Waals surface area contributed by atoms with Crippen molar-refractivity contribution in [1.29, 1.82) is 0 Å². The minimum Gasteiger partial charge on any atom is -0.462 e. The highest BCUT2D eigenvalue weighted by Gasteiger charge is 2.13. The van der Waals surface area contributed by atoms with Crippen LogP contribution in [0.25, 0.3) is 0 Å². The second-order valence-electron chi connectivity index (χ2n) is 4.98. The minimum atomic E-state index is -0.372. The number of hydrogen-bond acceptors (Lipinski definition) is 2. The lowest BCUT2D eigenvalue weighted by molar-refractivity contribution is 0.0498. The highest BCUT2D eigenvalue weighted by molar-refractivity contribution is 6.37. The first-order valence-corrected chi connectivity index (χ1v) is 7.94. The van der Waals surface area contributed by atoms with E-state index in [0.29, 0.717) is 22.2 Å². The van der Waals surface area contributed by atoms with Crippen LogP contribution in [0, 0.1) is 6.92 Å². The lowest BCUT2D eigenvalue weighted by Gasteiger charge is -2.08. The van der Waals surface area contributed by atoms with Gasteiger partial charge in [-0.1, -0.05) is 62.2 Å². The Morgan fingerprint density at radius 3 is 2.40 bits per heavy atom. The molecule has 1 rings (SSSR count). The average molecular weight is 317 g/mol. The second kappa shape index (κ2) is 9.25. The molecular weight excluding hydrogens is 295 g/mol. The highest BCUT2D eigenvalue weighted by Crippen LogP contribution is 2.25. The summed E-state index contributed by atoms with van der Waals surface area (Å²) in [5.74, 6) is -0.372. The number of carbonyl (C=O) groups is 1. The predicted molar refractivity (Wildman–Crippen MR) is 84.9 cm³/mol. The van der Waals surface area contributed by atoms with Gasteiger partial charge < -0.3 is 4.74 Å². The molecule has 0 fully saturated rings. The highest BCUT2D eigenvalue weighted by atomic mass is 35.5. The minimum absolute atomic E-state index is 0.341. The fraction of sp³-hybridized carbons (Fsp3) is 0.562. The lowest BCUT2D eigenvalue weighted by atomic mass is 10.1. The molecule has 0 heterocycles. The Kier molecular flexibility index (Phi) is 8.01. The molecule has 0 aromatic heterocycles. The van der Waals surface area contributed by atoms with E-state index in [9.17, 15) is 4.79 Å². The molecule has 1 aromatic carbocycles. The summed E-state index contributed by atoms with van der Waals surface area (Å²) in [5, 5.41) is 0.899. The van der Waals surface area contributed by atoms with Crippen LogP contribution in [0.1, 0.15) is 61.4 Å². The van der Waals surface area contributed by atoms with Gasteiger partial charge in [-0.3, -0.25) is 0 Å². The molecule has 0 unspecified atom stereocenters. The molecule has 0 spiro atoms. The molecule has 0 radical (unpaired) electrons. The average Bonchev–Trinajstić information content (AvgIpc) is 2.41. The van der Waals surface area contributed by atoms with Gasteiger partial charge in [0.05, 0.1) is 17.2 Å². The Labute approximate surface area is 131 Å². The number of rotatable bonds is 8. The zero-order valence-corrected chi connectivity index (χ0v) is 13.7. The van der Waals surface area contributed by atoms with Crippen molar-refractivity contribution in [3.8, 4) is 0 Å². The largest absolute Gasteiger partial charge is 0.462 e. The van der Waals surface area contributed by atoms with Gasteiger partial charge in [0.2, 0.25) is 0 Å². The van der Waals surface area contributed by atoms with Gasteiger partial charge >= 0.3 is 5.97 Å². The zero-order chi connectivity index (χ0) is 15.0. The van der Waals surface area contributed by atoms with E-state index in [1.807, 2.05) is 6.92 Å². The molecule has 112 valence electrons. The molecule has 0 saturated carbocycles. The summed E-state index contributed by atoms with van der Waals surface area (Å²) in [6.07, 6.45) is 6.97. The molecule has 2 nitrogen and oxygen atoms in total.